The van der Waals surface area contributed by atoms with Crippen molar-refractivity contribution in [1.29, 1.82) is 0 Å². The van der Waals surface area contributed by atoms with Gasteiger partial charge in [-0.3, -0.25) is 0 Å². The number of allylic oxidation sites excluding steroid dienone is 2. The molecule has 0 saturated heterocycles. The van der Waals surface area contributed by atoms with E-state index in [4.69, 9.17) is 14.6 Å². The van der Waals surface area contributed by atoms with Gasteiger partial charge < -0.3 is 19.5 Å². The fraction of sp³-hybridized carbons (Fsp3) is 0.118. The highest BCUT2D eigenvalue weighted by atomic mass is 16.5. The quantitative estimate of drug-likeness (QED) is 0.863. The maximum absolute atomic E-state index is 11.1. The van der Waals surface area contributed by atoms with Gasteiger partial charge in [0.25, 0.3) is 0 Å². The van der Waals surface area contributed by atoms with Gasteiger partial charge in [0.05, 0.1) is 18.4 Å². The smallest absolute Gasteiger partial charge is 0.333 e. The fourth-order valence-corrected chi connectivity index (χ4v) is 2.72. The minimum Gasteiger partial charge on any atom is -0.485 e. The van der Waals surface area contributed by atoms with Crippen molar-refractivity contribution < 1.29 is 19.4 Å². The van der Waals surface area contributed by atoms with Crippen LogP contribution in [0.15, 0.2) is 48.4 Å². The summed E-state index contributed by atoms with van der Waals surface area (Å²) in [6, 6.07) is 3.88. The van der Waals surface area contributed by atoms with E-state index in [1.807, 2.05) is 41.5 Å². The first-order chi connectivity index (χ1) is 10.7. The Morgan fingerprint density at radius 2 is 2.14 bits per heavy atom. The zero-order chi connectivity index (χ0) is 15.1. The molecule has 0 amide bonds. The van der Waals surface area contributed by atoms with Crippen molar-refractivity contribution in [2.45, 2.75) is 0 Å². The average molecular weight is 295 g/mol. The van der Waals surface area contributed by atoms with Gasteiger partial charge in [-0.25, -0.2) is 4.79 Å². The van der Waals surface area contributed by atoms with Crippen LogP contribution in [0.1, 0.15) is 11.1 Å². The van der Waals surface area contributed by atoms with Crippen LogP contribution in [0.25, 0.3) is 11.8 Å². The molecule has 0 saturated carbocycles. The van der Waals surface area contributed by atoms with E-state index >= 15 is 0 Å². The molecule has 0 radical (unpaired) electrons. The van der Waals surface area contributed by atoms with Gasteiger partial charge in [-0.2, -0.15) is 0 Å². The van der Waals surface area contributed by atoms with Crippen molar-refractivity contribution in [2.24, 2.45) is 0 Å². The Labute approximate surface area is 127 Å². The minimum atomic E-state index is -0.890. The van der Waals surface area contributed by atoms with Gasteiger partial charge in [-0.1, -0.05) is 0 Å². The number of aliphatic carboxylic acids is 1. The van der Waals surface area contributed by atoms with Gasteiger partial charge in [0.1, 0.15) is 6.61 Å². The largest absolute Gasteiger partial charge is 0.485 e. The number of carbonyl (C=O) groups is 1. The summed E-state index contributed by atoms with van der Waals surface area (Å²) in [5.74, 6) is 0.481. The second kappa shape index (κ2) is 4.80. The molecule has 5 heteroatoms. The molecule has 0 fully saturated rings. The van der Waals surface area contributed by atoms with E-state index in [2.05, 4.69) is 0 Å². The molecule has 110 valence electrons. The van der Waals surface area contributed by atoms with E-state index < -0.39 is 5.97 Å². The van der Waals surface area contributed by atoms with Crippen molar-refractivity contribution in [1.82, 2.24) is 4.90 Å². The fourth-order valence-electron chi connectivity index (χ4n) is 2.72. The van der Waals surface area contributed by atoms with Crippen LogP contribution in [0.5, 0.6) is 11.5 Å². The van der Waals surface area contributed by atoms with Gasteiger partial charge in [0, 0.05) is 17.5 Å². The molecule has 3 aliphatic rings. The number of ether oxygens (including phenoxy) is 2. The normalized spacial score (nSPS) is 17.9. The zero-order valence-corrected chi connectivity index (χ0v) is 11.7. The summed E-state index contributed by atoms with van der Waals surface area (Å²) in [6.07, 6.45) is 10.8. The average Bonchev–Trinajstić information content (AvgIpc) is 2.77. The lowest BCUT2D eigenvalue weighted by Crippen LogP contribution is -2.26. The molecule has 0 aromatic heterocycles. The van der Waals surface area contributed by atoms with Gasteiger partial charge in [0.2, 0.25) is 0 Å². The topological polar surface area (TPSA) is 59.0 Å². The van der Waals surface area contributed by atoms with Crippen molar-refractivity contribution in [3.8, 4) is 11.5 Å². The summed E-state index contributed by atoms with van der Waals surface area (Å²) < 4.78 is 11.2. The van der Waals surface area contributed by atoms with E-state index in [9.17, 15) is 4.79 Å². The minimum absolute atomic E-state index is 0.353. The van der Waals surface area contributed by atoms with Crippen molar-refractivity contribution in [3.05, 3.63) is 59.5 Å². The second-order valence-electron chi connectivity index (χ2n) is 5.18. The van der Waals surface area contributed by atoms with E-state index in [1.54, 1.807) is 12.3 Å². The van der Waals surface area contributed by atoms with Crippen LogP contribution in [-0.4, -0.2) is 29.1 Å². The first-order valence-corrected chi connectivity index (χ1v) is 6.94. The molecular formula is C17H13NO4. The molecule has 5 nitrogen and oxygen atoms in total. The van der Waals surface area contributed by atoms with Crippen LogP contribution in [0.4, 0.5) is 0 Å². The molecule has 0 aliphatic carbocycles. The van der Waals surface area contributed by atoms with Crippen LogP contribution in [0, 0.1) is 0 Å². The standard InChI is InChI=1S/C17H13NO4/c19-17(20)12-2-3-14-13-9-16-15(21-6-1-7-22-16)8-11(13)4-5-18(14)10-12/h1-5,7-9H,6,10H2,(H,19,20). The summed E-state index contributed by atoms with van der Waals surface area (Å²) in [5.41, 5.74) is 3.36. The highest BCUT2D eigenvalue weighted by Crippen LogP contribution is 2.40. The first-order valence-electron chi connectivity index (χ1n) is 6.94. The summed E-state index contributed by atoms with van der Waals surface area (Å²) in [4.78, 5) is 13.0. The van der Waals surface area contributed by atoms with Crippen LogP contribution in [0.2, 0.25) is 0 Å². The molecule has 1 N–H and O–H groups in total. The number of carboxylic acids is 1. The number of rotatable bonds is 1. The van der Waals surface area contributed by atoms with Crippen molar-refractivity contribution >= 4 is 17.7 Å². The van der Waals surface area contributed by atoms with Crippen LogP contribution in [-0.2, 0) is 4.79 Å². The second-order valence-corrected chi connectivity index (χ2v) is 5.18. The van der Waals surface area contributed by atoms with E-state index in [0.29, 0.717) is 30.2 Å². The SMILES string of the molecule is O=C(O)C1=CC=C2c3cc4c(cc3C=CN2C1)OCC=CO4. The van der Waals surface area contributed by atoms with Gasteiger partial charge in [-0.15, -0.1) is 0 Å². The number of carboxylic acid groups (broad SMARTS) is 1. The Morgan fingerprint density at radius 1 is 1.23 bits per heavy atom. The highest BCUT2D eigenvalue weighted by molar-refractivity contribution is 5.91. The lowest BCUT2D eigenvalue weighted by atomic mass is 9.96. The maximum atomic E-state index is 11.1. The van der Waals surface area contributed by atoms with Gasteiger partial charge in [0.15, 0.2) is 11.5 Å². The number of benzene rings is 1. The Kier molecular flexibility index (Phi) is 2.79. The van der Waals surface area contributed by atoms with E-state index in [0.717, 1.165) is 16.8 Å². The Morgan fingerprint density at radius 3 is 3.00 bits per heavy atom. The Hall–Kier alpha value is -2.95. The van der Waals surface area contributed by atoms with E-state index in [-0.39, 0.29) is 0 Å². The maximum Gasteiger partial charge on any atom is 0.333 e. The Bertz CT molecular complexity index is 786. The van der Waals surface area contributed by atoms with Crippen LogP contribution >= 0.6 is 0 Å². The summed E-state index contributed by atoms with van der Waals surface area (Å²) in [7, 11) is 0. The molecule has 0 atom stereocenters. The third-order valence-corrected chi connectivity index (χ3v) is 3.82. The Balaban J connectivity index is 1.82. The van der Waals surface area contributed by atoms with Crippen molar-refractivity contribution in [3.63, 3.8) is 0 Å². The lowest BCUT2D eigenvalue weighted by molar-refractivity contribution is -0.132. The summed E-state index contributed by atoms with van der Waals surface area (Å²) in [6.45, 7) is 0.834. The molecule has 1 aromatic rings. The molecule has 22 heavy (non-hydrogen) atoms. The molecule has 0 unspecified atom stereocenters. The third kappa shape index (κ3) is 1.98. The molecular weight excluding hydrogens is 282 g/mol. The number of hydrogen-bond acceptors (Lipinski definition) is 4. The molecule has 4 rings (SSSR count). The predicted octanol–water partition coefficient (Wildman–Crippen LogP) is 2.62. The molecule has 3 aliphatic heterocycles. The molecule has 1 aromatic carbocycles. The van der Waals surface area contributed by atoms with Crippen LogP contribution in [0.3, 0.4) is 0 Å². The lowest BCUT2D eigenvalue weighted by Gasteiger charge is -2.31. The first kappa shape index (κ1) is 12.8. The summed E-state index contributed by atoms with van der Waals surface area (Å²) >= 11 is 0. The number of nitrogens with zero attached hydrogens (tertiary/aromatic N) is 1. The monoisotopic (exact) mass is 295 g/mol. The van der Waals surface area contributed by atoms with Gasteiger partial charge >= 0.3 is 5.97 Å². The molecule has 0 spiro atoms. The highest BCUT2D eigenvalue weighted by Gasteiger charge is 2.24. The zero-order valence-electron chi connectivity index (χ0n) is 11.7. The molecule has 0 bridgehead atoms. The molecule has 3 heterocycles. The third-order valence-electron chi connectivity index (χ3n) is 3.82. The van der Waals surface area contributed by atoms with Gasteiger partial charge in [-0.05, 0) is 42.0 Å². The summed E-state index contributed by atoms with van der Waals surface area (Å²) in [5, 5.41) is 9.12. The number of hydrogen-bond donors (Lipinski definition) is 1. The van der Waals surface area contributed by atoms with Crippen molar-refractivity contribution in [2.75, 3.05) is 13.2 Å². The predicted molar refractivity (Wildman–Crippen MR) is 81.1 cm³/mol. The number of fused-ring (bicyclic) bond motifs is 4. The van der Waals surface area contributed by atoms with Crippen LogP contribution < -0.4 is 9.47 Å². The van der Waals surface area contributed by atoms with E-state index in [1.165, 1.54) is 0 Å².